The molecule has 0 aliphatic heterocycles. The molecule has 12 aromatic rings. The van der Waals surface area contributed by atoms with Crippen LogP contribution < -0.4 is 0 Å². The van der Waals surface area contributed by atoms with Crippen molar-refractivity contribution in [3.63, 3.8) is 0 Å². The van der Waals surface area contributed by atoms with Crippen LogP contribution in [0.3, 0.4) is 0 Å². The lowest BCUT2D eigenvalue weighted by molar-refractivity contribution is 0.669. The molecule has 0 amide bonds. The van der Waals surface area contributed by atoms with Gasteiger partial charge in [-0.25, -0.2) is 9.97 Å². The van der Waals surface area contributed by atoms with Crippen LogP contribution in [0.15, 0.2) is 186 Å². The first kappa shape index (κ1) is 32.3. The standard InChI is InChI=1S/C55H33N3O/c1-2-14-39(15-3-1)58-48-20-10-8-18-42(48)47-31-36(23-26-49(47)58)53-44-25-22-33-12-4-7-17-41(33)54(44)57-55(56-53)38-29-34-13-5-6-16-40(34)45-32-46-35(28-37(45)30-38)24-27-51-52(46)43-19-9-11-21-50(43)59-51/h1-29,31-32H,30H2. The number of benzene rings is 9. The lowest BCUT2D eigenvalue weighted by Crippen LogP contribution is -2.01. The van der Waals surface area contributed by atoms with Gasteiger partial charge in [-0.1, -0.05) is 127 Å². The third-order valence-electron chi connectivity index (χ3n) is 12.4. The number of aromatic nitrogens is 3. The summed E-state index contributed by atoms with van der Waals surface area (Å²) < 4.78 is 8.69. The van der Waals surface area contributed by atoms with Gasteiger partial charge in [-0.05, 0) is 99.1 Å². The molecule has 3 aromatic heterocycles. The monoisotopic (exact) mass is 751 g/mol. The molecule has 9 aromatic carbocycles. The summed E-state index contributed by atoms with van der Waals surface area (Å²) in [5.74, 6) is 0.745. The lowest BCUT2D eigenvalue weighted by atomic mass is 9.91. The van der Waals surface area contributed by atoms with E-state index in [1.807, 2.05) is 6.07 Å². The largest absolute Gasteiger partial charge is 0.456 e. The summed E-state index contributed by atoms with van der Waals surface area (Å²) in [6.45, 7) is 0. The molecule has 0 radical (unpaired) electrons. The number of fused-ring (bicyclic) bond motifs is 14. The topological polar surface area (TPSA) is 43.9 Å². The number of furan rings is 1. The summed E-state index contributed by atoms with van der Waals surface area (Å²) in [7, 11) is 0. The Bertz CT molecular complexity index is 3760. The van der Waals surface area contributed by atoms with Crippen LogP contribution in [0.1, 0.15) is 17.0 Å². The molecule has 1 aliphatic carbocycles. The summed E-state index contributed by atoms with van der Waals surface area (Å²) in [6.07, 6.45) is 3.00. The van der Waals surface area contributed by atoms with E-state index in [-0.39, 0.29) is 0 Å². The van der Waals surface area contributed by atoms with Crippen molar-refractivity contribution in [1.29, 1.82) is 0 Å². The molecular weight excluding hydrogens is 719 g/mol. The van der Waals surface area contributed by atoms with Gasteiger partial charge in [-0.15, -0.1) is 0 Å². The Morgan fingerprint density at radius 2 is 1.24 bits per heavy atom. The summed E-state index contributed by atoms with van der Waals surface area (Å²) in [5, 5.41) is 10.4. The first-order valence-corrected chi connectivity index (χ1v) is 20.2. The summed E-state index contributed by atoms with van der Waals surface area (Å²) in [4.78, 5) is 11.1. The van der Waals surface area contributed by atoms with Crippen molar-refractivity contribution in [2.45, 2.75) is 6.42 Å². The minimum Gasteiger partial charge on any atom is -0.456 e. The van der Waals surface area contributed by atoms with E-state index in [0.717, 1.165) is 83.0 Å². The zero-order chi connectivity index (χ0) is 38.6. The molecule has 1 aliphatic rings. The van der Waals surface area contributed by atoms with Crippen LogP contribution in [0, 0.1) is 0 Å². The van der Waals surface area contributed by atoms with Crippen molar-refractivity contribution in [2.24, 2.45) is 0 Å². The van der Waals surface area contributed by atoms with Gasteiger partial charge in [-0.2, -0.15) is 0 Å². The van der Waals surface area contributed by atoms with Gasteiger partial charge in [0.15, 0.2) is 5.82 Å². The molecule has 0 atom stereocenters. The highest BCUT2D eigenvalue weighted by atomic mass is 16.3. The molecule has 13 rings (SSSR count). The number of para-hydroxylation sites is 3. The van der Waals surface area contributed by atoms with Gasteiger partial charge < -0.3 is 8.98 Å². The molecule has 0 spiro atoms. The van der Waals surface area contributed by atoms with Gasteiger partial charge in [0, 0.05) is 55.6 Å². The van der Waals surface area contributed by atoms with E-state index in [1.165, 1.54) is 43.8 Å². The Morgan fingerprint density at radius 3 is 2.17 bits per heavy atom. The zero-order valence-electron chi connectivity index (χ0n) is 31.9. The summed E-state index contributed by atoms with van der Waals surface area (Å²) in [5.41, 5.74) is 14.2. The average molecular weight is 752 g/mol. The quantitative estimate of drug-likeness (QED) is 0.169. The third-order valence-corrected chi connectivity index (χ3v) is 12.4. The fraction of sp³-hybridized carbons (Fsp3) is 0.0182. The van der Waals surface area contributed by atoms with E-state index in [9.17, 15) is 0 Å². The van der Waals surface area contributed by atoms with Crippen LogP contribution in [0.5, 0.6) is 0 Å². The van der Waals surface area contributed by atoms with Crippen molar-refractivity contribution < 1.29 is 4.42 Å². The van der Waals surface area contributed by atoms with Gasteiger partial charge >= 0.3 is 0 Å². The second-order valence-corrected chi connectivity index (χ2v) is 15.7. The molecule has 4 nitrogen and oxygen atoms in total. The van der Waals surface area contributed by atoms with E-state index in [1.54, 1.807) is 0 Å². The molecule has 0 N–H and O–H groups in total. The predicted molar refractivity (Wildman–Crippen MR) is 245 cm³/mol. The molecule has 3 heterocycles. The SMILES string of the molecule is C1=C(c2nc(-c3ccc4c(c3)c3ccccc3n4-c3ccccc3)c3ccc4ccccc4c3n2)Cc2cc3ccc4oc5ccccc5c4c3cc2-c2ccccc21. The maximum Gasteiger partial charge on any atom is 0.156 e. The Labute approximate surface area is 338 Å². The van der Waals surface area contributed by atoms with Gasteiger partial charge in [0.2, 0.25) is 0 Å². The molecular formula is C55H33N3O. The van der Waals surface area contributed by atoms with Crippen molar-refractivity contribution in [2.75, 3.05) is 0 Å². The van der Waals surface area contributed by atoms with Gasteiger partial charge in [0.05, 0.1) is 22.2 Å². The van der Waals surface area contributed by atoms with Crippen molar-refractivity contribution in [3.05, 3.63) is 199 Å². The number of allylic oxidation sites excluding steroid dienone is 1. The average Bonchev–Trinajstić information content (AvgIpc) is 3.79. The first-order valence-electron chi connectivity index (χ1n) is 20.2. The van der Waals surface area contributed by atoms with E-state index in [2.05, 4.69) is 187 Å². The highest BCUT2D eigenvalue weighted by Crippen LogP contribution is 2.43. The number of rotatable bonds is 3. The highest BCUT2D eigenvalue weighted by molar-refractivity contribution is 6.20. The second-order valence-electron chi connectivity index (χ2n) is 15.7. The summed E-state index contributed by atoms with van der Waals surface area (Å²) in [6, 6.07) is 65.2. The molecule has 0 unspecified atom stereocenters. The maximum absolute atomic E-state index is 6.33. The van der Waals surface area contributed by atoms with E-state index < -0.39 is 0 Å². The van der Waals surface area contributed by atoms with Crippen LogP contribution in [0.4, 0.5) is 0 Å². The van der Waals surface area contributed by atoms with Crippen LogP contribution >= 0.6 is 0 Å². The number of hydrogen-bond acceptors (Lipinski definition) is 3. The molecule has 274 valence electrons. The second kappa shape index (κ2) is 12.3. The Hall–Kier alpha value is -7.82. The molecule has 0 saturated heterocycles. The van der Waals surface area contributed by atoms with Gasteiger partial charge in [0.25, 0.3) is 0 Å². The Morgan fingerprint density at radius 1 is 0.475 bits per heavy atom. The van der Waals surface area contributed by atoms with Crippen LogP contribution in [0.2, 0.25) is 0 Å². The van der Waals surface area contributed by atoms with Crippen LogP contribution in [-0.4, -0.2) is 14.5 Å². The molecule has 0 saturated carbocycles. The third kappa shape index (κ3) is 4.84. The molecule has 4 heteroatoms. The smallest absolute Gasteiger partial charge is 0.156 e. The highest BCUT2D eigenvalue weighted by Gasteiger charge is 2.23. The minimum absolute atomic E-state index is 0.684. The number of hydrogen-bond donors (Lipinski definition) is 0. The lowest BCUT2D eigenvalue weighted by Gasteiger charge is -2.14. The van der Waals surface area contributed by atoms with Crippen LogP contribution in [0.25, 0.3) is 116 Å². The van der Waals surface area contributed by atoms with Gasteiger partial charge in [0.1, 0.15) is 11.2 Å². The maximum atomic E-state index is 6.33. The predicted octanol–water partition coefficient (Wildman–Crippen LogP) is 14.4. The minimum atomic E-state index is 0.684. The number of nitrogens with zero attached hydrogens (tertiary/aromatic N) is 3. The zero-order valence-corrected chi connectivity index (χ0v) is 31.9. The molecule has 0 fully saturated rings. The van der Waals surface area contributed by atoms with E-state index >= 15 is 0 Å². The molecule has 0 bridgehead atoms. The van der Waals surface area contributed by atoms with Crippen molar-refractivity contribution in [3.8, 4) is 28.1 Å². The normalized spacial score (nSPS) is 12.8. The van der Waals surface area contributed by atoms with Crippen molar-refractivity contribution in [1.82, 2.24) is 14.5 Å². The van der Waals surface area contributed by atoms with E-state index in [4.69, 9.17) is 14.4 Å². The fourth-order valence-electron chi connectivity index (χ4n) is 9.70. The van der Waals surface area contributed by atoms with E-state index in [0.29, 0.717) is 6.42 Å². The van der Waals surface area contributed by atoms with Crippen molar-refractivity contribution >= 4 is 87.8 Å². The van der Waals surface area contributed by atoms with Crippen LogP contribution in [-0.2, 0) is 6.42 Å². The fourth-order valence-corrected chi connectivity index (χ4v) is 9.70. The first-order chi connectivity index (χ1) is 29.2. The molecule has 59 heavy (non-hydrogen) atoms. The Balaban J connectivity index is 1.05. The Kier molecular flexibility index (Phi) is 6.75. The van der Waals surface area contributed by atoms with Gasteiger partial charge in [-0.3, -0.25) is 0 Å². The summed E-state index contributed by atoms with van der Waals surface area (Å²) >= 11 is 0.